The molecule has 0 heterocycles. The Kier molecular flexibility index (Phi) is 4.30. The molecule has 112 valence electrons. The van der Waals surface area contributed by atoms with E-state index >= 15 is 0 Å². The maximum Gasteiger partial charge on any atom is 0.264 e. The number of aryl methyl sites for hydroxylation is 3. The zero-order chi connectivity index (χ0) is 15.8. The minimum Gasteiger partial charge on any atom is -0.397 e. The maximum atomic E-state index is 12.6. The Labute approximate surface area is 133 Å². The van der Waals surface area contributed by atoms with Crippen molar-refractivity contribution in [2.75, 3.05) is 10.5 Å². The average Bonchev–Trinajstić information content (AvgIpc) is 2.38. The summed E-state index contributed by atoms with van der Waals surface area (Å²) in [5.74, 6) is 0. The van der Waals surface area contributed by atoms with Crippen LogP contribution in [-0.4, -0.2) is 8.42 Å². The van der Waals surface area contributed by atoms with Crippen LogP contribution in [-0.2, 0) is 10.0 Å². The second-order valence-corrected chi connectivity index (χ2v) is 7.49. The Balaban J connectivity index is 2.48. The van der Waals surface area contributed by atoms with Gasteiger partial charge in [-0.15, -0.1) is 0 Å². The molecule has 0 fully saturated rings. The highest BCUT2D eigenvalue weighted by molar-refractivity contribution is 9.10. The predicted octanol–water partition coefficient (Wildman–Crippen LogP) is 3.76. The molecule has 2 rings (SSSR count). The van der Waals surface area contributed by atoms with E-state index in [1.54, 1.807) is 32.0 Å². The van der Waals surface area contributed by atoms with Crippen molar-refractivity contribution in [3.63, 3.8) is 0 Å². The summed E-state index contributed by atoms with van der Waals surface area (Å²) in [4.78, 5) is 0.138. The molecule has 0 aliphatic heterocycles. The SMILES string of the molecule is Cc1ccc(NS(=O)(=O)c2c(C)ccc(C)c2N)cc1Br. The lowest BCUT2D eigenvalue weighted by Gasteiger charge is -2.14. The molecule has 0 amide bonds. The van der Waals surface area contributed by atoms with Gasteiger partial charge in [-0.05, 0) is 49.6 Å². The van der Waals surface area contributed by atoms with Crippen LogP contribution in [0.2, 0.25) is 0 Å². The quantitative estimate of drug-likeness (QED) is 0.810. The summed E-state index contributed by atoms with van der Waals surface area (Å²) >= 11 is 3.39. The molecule has 0 spiro atoms. The average molecular weight is 369 g/mol. The van der Waals surface area contributed by atoms with Gasteiger partial charge in [0.25, 0.3) is 10.0 Å². The number of nitrogen functional groups attached to an aromatic ring is 1. The standard InChI is InChI=1S/C15H17BrN2O2S/c1-9-6-7-12(8-13(9)16)18-21(19,20)15-11(3)5-4-10(2)14(15)17/h4-8,18H,17H2,1-3H3. The molecular weight excluding hydrogens is 352 g/mol. The highest BCUT2D eigenvalue weighted by Crippen LogP contribution is 2.29. The van der Waals surface area contributed by atoms with Crippen molar-refractivity contribution in [2.24, 2.45) is 0 Å². The zero-order valence-corrected chi connectivity index (χ0v) is 14.5. The van der Waals surface area contributed by atoms with Crippen molar-refractivity contribution in [3.8, 4) is 0 Å². The van der Waals surface area contributed by atoms with Crippen molar-refractivity contribution >= 4 is 37.3 Å². The third kappa shape index (κ3) is 3.22. The number of sulfonamides is 1. The summed E-state index contributed by atoms with van der Waals surface area (Å²) in [7, 11) is -3.72. The number of hydrogen-bond donors (Lipinski definition) is 2. The highest BCUT2D eigenvalue weighted by atomic mass is 79.9. The van der Waals surface area contributed by atoms with Crippen molar-refractivity contribution < 1.29 is 8.42 Å². The molecule has 3 N–H and O–H groups in total. The Hall–Kier alpha value is -1.53. The maximum absolute atomic E-state index is 12.6. The van der Waals surface area contributed by atoms with Crippen LogP contribution in [0.3, 0.4) is 0 Å². The van der Waals surface area contributed by atoms with Gasteiger partial charge in [0.1, 0.15) is 4.90 Å². The monoisotopic (exact) mass is 368 g/mol. The summed E-state index contributed by atoms with van der Waals surface area (Å²) in [6.45, 7) is 5.46. The van der Waals surface area contributed by atoms with Crippen molar-refractivity contribution in [1.82, 2.24) is 0 Å². The second-order valence-electron chi connectivity index (χ2n) is 5.01. The van der Waals surface area contributed by atoms with Gasteiger partial charge in [-0.3, -0.25) is 4.72 Å². The highest BCUT2D eigenvalue weighted by Gasteiger charge is 2.21. The fraction of sp³-hybridized carbons (Fsp3) is 0.200. The van der Waals surface area contributed by atoms with Crippen LogP contribution in [0.15, 0.2) is 39.7 Å². The fourth-order valence-corrected chi connectivity index (χ4v) is 3.89. The van der Waals surface area contributed by atoms with E-state index in [9.17, 15) is 8.42 Å². The normalized spacial score (nSPS) is 11.4. The van der Waals surface area contributed by atoms with Crippen LogP contribution in [0.25, 0.3) is 0 Å². The second kappa shape index (κ2) is 5.69. The van der Waals surface area contributed by atoms with Gasteiger partial charge < -0.3 is 5.73 Å². The number of nitrogens with one attached hydrogen (secondary N) is 1. The van der Waals surface area contributed by atoms with Gasteiger partial charge in [-0.1, -0.05) is 34.1 Å². The minimum atomic E-state index is -3.72. The van der Waals surface area contributed by atoms with Crippen LogP contribution < -0.4 is 10.5 Å². The van der Waals surface area contributed by atoms with Gasteiger partial charge in [-0.2, -0.15) is 0 Å². The molecule has 0 radical (unpaired) electrons. The third-order valence-corrected chi connectivity index (χ3v) is 5.74. The number of halogens is 1. The number of rotatable bonds is 3. The third-order valence-electron chi connectivity index (χ3n) is 3.30. The lowest BCUT2D eigenvalue weighted by atomic mass is 10.1. The summed E-state index contributed by atoms with van der Waals surface area (Å²) in [5.41, 5.74) is 9.12. The first-order valence-electron chi connectivity index (χ1n) is 6.37. The molecule has 0 aliphatic rings. The van der Waals surface area contributed by atoms with E-state index in [2.05, 4.69) is 20.7 Å². The molecule has 4 nitrogen and oxygen atoms in total. The van der Waals surface area contributed by atoms with Gasteiger partial charge >= 0.3 is 0 Å². The smallest absolute Gasteiger partial charge is 0.264 e. The lowest BCUT2D eigenvalue weighted by molar-refractivity contribution is 0.601. The summed E-state index contributed by atoms with van der Waals surface area (Å²) < 4.78 is 28.6. The predicted molar refractivity (Wildman–Crippen MR) is 90.0 cm³/mol. The van der Waals surface area contributed by atoms with E-state index in [1.165, 1.54) is 0 Å². The minimum absolute atomic E-state index is 0.138. The van der Waals surface area contributed by atoms with E-state index in [0.29, 0.717) is 11.3 Å². The van der Waals surface area contributed by atoms with E-state index in [-0.39, 0.29) is 10.6 Å². The molecule has 0 aromatic heterocycles. The van der Waals surface area contributed by atoms with Gasteiger partial charge in [0, 0.05) is 10.2 Å². The van der Waals surface area contributed by atoms with Gasteiger partial charge in [0.05, 0.1) is 5.69 Å². The molecule has 0 aliphatic carbocycles. The number of nitrogens with two attached hydrogens (primary N) is 1. The van der Waals surface area contributed by atoms with E-state index in [1.807, 2.05) is 19.1 Å². The van der Waals surface area contributed by atoms with Crippen molar-refractivity contribution in [1.29, 1.82) is 0 Å². The van der Waals surface area contributed by atoms with Gasteiger partial charge in [-0.25, -0.2) is 8.42 Å². The summed E-state index contributed by atoms with van der Waals surface area (Å²) in [5, 5.41) is 0. The summed E-state index contributed by atoms with van der Waals surface area (Å²) in [6.07, 6.45) is 0. The number of anilines is 2. The molecule has 0 unspecified atom stereocenters. The molecule has 0 saturated heterocycles. The summed E-state index contributed by atoms with van der Waals surface area (Å²) in [6, 6.07) is 8.86. The molecule has 0 saturated carbocycles. The molecule has 0 bridgehead atoms. The van der Waals surface area contributed by atoms with Crippen LogP contribution in [0, 0.1) is 20.8 Å². The van der Waals surface area contributed by atoms with Crippen LogP contribution >= 0.6 is 15.9 Å². The molecule has 21 heavy (non-hydrogen) atoms. The van der Waals surface area contributed by atoms with E-state index in [4.69, 9.17) is 5.73 Å². The molecule has 2 aromatic carbocycles. The fourth-order valence-electron chi connectivity index (χ4n) is 2.03. The van der Waals surface area contributed by atoms with Crippen LogP contribution in [0.4, 0.5) is 11.4 Å². The Morgan fingerprint density at radius 1 is 1.00 bits per heavy atom. The zero-order valence-electron chi connectivity index (χ0n) is 12.1. The molecule has 0 atom stereocenters. The Morgan fingerprint density at radius 2 is 1.57 bits per heavy atom. The van der Waals surface area contributed by atoms with E-state index in [0.717, 1.165) is 15.6 Å². The van der Waals surface area contributed by atoms with Crippen LogP contribution in [0.5, 0.6) is 0 Å². The lowest BCUT2D eigenvalue weighted by Crippen LogP contribution is -2.17. The number of benzene rings is 2. The van der Waals surface area contributed by atoms with Gasteiger partial charge in [0.2, 0.25) is 0 Å². The van der Waals surface area contributed by atoms with Gasteiger partial charge in [0.15, 0.2) is 0 Å². The van der Waals surface area contributed by atoms with Crippen LogP contribution in [0.1, 0.15) is 16.7 Å². The molecule has 6 heteroatoms. The molecular formula is C15H17BrN2O2S. The first-order valence-corrected chi connectivity index (χ1v) is 8.64. The van der Waals surface area contributed by atoms with Crippen molar-refractivity contribution in [3.05, 3.63) is 51.5 Å². The first-order chi connectivity index (χ1) is 9.72. The molecule has 2 aromatic rings. The first kappa shape index (κ1) is 15.9. The van der Waals surface area contributed by atoms with E-state index < -0.39 is 10.0 Å². The Bertz CT molecular complexity index is 802. The largest absolute Gasteiger partial charge is 0.397 e. The topological polar surface area (TPSA) is 72.2 Å². The Morgan fingerprint density at radius 3 is 2.19 bits per heavy atom. The number of hydrogen-bond acceptors (Lipinski definition) is 3. The van der Waals surface area contributed by atoms with Crippen molar-refractivity contribution in [2.45, 2.75) is 25.7 Å².